The summed E-state index contributed by atoms with van der Waals surface area (Å²) in [5.74, 6) is 0.434. The number of carbonyl (C=O) groups excluding carboxylic acids is 3. The molecule has 2 rings (SSSR count). The fourth-order valence-corrected chi connectivity index (χ4v) is 4.74. The molecule has 2 fully saturated rings. The van der Waals surface area contributed by atoms with Crippen LogP contribution in [0.4, 0.5) is 0 Å². The maximum absolute atomic E-state index is 13.2. The average Bonchev–Trinajstić information content (AvgIpc) is 2.74. The summed E-state index contributed by atoms with van der Waals surface area (Å²) < 4.78 is 0. The number of unbranched alkanes of at least 4 members (excludes halogenated alkanes) is 3. The van der Waals surface area contributed by atoms with Gasteiger partial charge in [0.15, 0.2) is 0 Å². The Kier molecular flexibility index (Phi) is 10.1. The molecule has 0 aromatic heterocycles. The summed E-state index contributed by atoms with van der Waals surface area (Å²) in [7, 11) is 0. The SMILES string of the molecule is CCCCCCC(=O)NC(C(=O)N1CCN(C(=O)C2CCCCC2)C(C)C1)C(C)C. The Balaban J connectivity index is 1.88. The normalized spacial score (nSPS) is 21.6. The topological polar surface area (TPSA) is 69.7 Å². The Labute approximate surface area is 183 Å². The van der Waals surface area contributed by atoms with Gasteiger partial charge in [-0.25, -0.2) is 0 Å². The predicted molar refractivity (Wildman–Crippen MR) is 120 cm³/mol. The van der Waals surface area contributed by atoms with Crippen molar-refractivity contribution in [1.29, 1.82) is 0 Å². The number of hydrogen-bond acceptors (Lipinski definition) is 3. The van der Waals surface area contributed by atoms with Crippen LogP contribution in [-0.2, 0) is 14.4 Å². The van der Waals surface area contributed by atoms with Crippen LogP contribution >= 0.6 is 0 Å². The first-order valence-corrected chi connectivity index (χ1v) is 12.2. The summed E-state index contributed by atoms with van der Waals surface area (Å²) in [5, 5.41) is 2.98. The molecule has 1 aliphatic carbocycles. The molecule has 1 saturated heterocycles. The van der Waals surface area contributed by atoms with Crippen LogP contribution in [-0.4, -0.2) is 59.2 Å². The van der Waals surface area contributed by atoms with E-state index < -0.39 is 6.04 Å². The lowest BCUT2D eigenvalue weighted by Gasteiger charge is -2.43. The van der Waals surface area contributed by atoms with E-state index in [1.807, 2.05) is 30.6 Å². The molecule has 1 heterocycles. The molecular formula is C24H43N3O3. The molecule has 2 aliphatic rings. The minimum Gasteiger partial charge on any atom is -0.344 e. The summed E-state index contributed by atoms with van der Waals surface area (Å²) in [6, 6.07) is -0.467. The summed E-state index contributed by atoms with van der Waals surface area (Å²) in [4.78, 5) is 42.3. The molecule has 0 bridgehead atoms. The number of rotatable bonds is 9. The van der Waals surface area contributed by atoms with Gasteiger partial charge in [-0.2, -0.15) is 0 Å². The smallest absolute Gasteiger partial charge is 0.245 e. The largest absolute Gasteiger partial charge is 0.344 e. The highest BCUT2D eigenvalue weighted by Crippen LogP contribution is 2.27. The Morgan fingerprint density at radius 1 is 1.00 bits per heavy atom. The Hall–Kier alpha value is -1.59. The lowest BCUT2D eigenvalue weighted by atomic mass is 9.87. The Morgan fingerprint density at radius 2 is 1.70 bits per heavy atom. The fourth-order valence-electron chi connectivity index (χ4n) is 4.74. The lowest BCUT2D eigenvalue weighted by Crippen LogP contribution is -2.60. The van der Waals surface area contributed by atoms with Gasteiger partial charge in [-0.3, -0.25) is 14.4 Å². The molecule has 2 atom stereocenters. The molecule has 1 saturated carbocycles. The van der Waals surface area contributed by atoms with E-state index >= 15 is 0 Å². The first kappa shape index (κ1) is 24.7. The number of hydrogen-bond donors (Lipinski definition) is 1. The summed E-state index contributed by atoms with van der Waals surface area (Å²) in [6.45, 7) is 9.84. The first-order chi connectivity index (χ1) is 14.3. The highest BCUT2D eigenvalue weighted by Gasteiger charge is 2.36. The standard InChI is InChI=1S/C24H43N3O3/c1-5-6-7-11-14-21(28)25-22(18(2)3)24(30)26-15-16-27(19(4)17-26)23(29)20-12-9-8-10-13-20/h18-20,22H,5-17H2,1-4H3,(H,25,28). The van der Waals surface area contributed by atoms with Crippen LogP contribution in [0.2, 0.25) is 0 Å². The minimum absolute atomic E-state index is 0.0106. The average molecular weight is 422 g/mol. The minimum atomic E-state index is -0.489. The number of piperazine rings is 1. The third-order valence-corrected chi connectivity index (χ3v) is 6.68. The monoisotopic (exact) mass is 421 g/mol. The van der Waals surface area contributed by atoms with Crippen LogP contribution in [0.25, 0.3) is 0 Å². The zero-order valence-corrected chi connectivity index (χ0v) is 19.6. The van der Waals surface area contributed by atoms with Gasteiger partial charge < -0.3 is 15.1 Å². The second-order valence-electron chi connectivity index (χ2n) is 9.60. The van der Waals surface area contributed by atoms with Gasteiger partial charge >= 0.3 is 0 Å². The van der Waals surface area contributed by atoms with Crippen LogP contribution < -0.4 is 5.32 Å². The molecule has 0 aromatic carbocycles. The van der Waals surface area contributed by atoms with Crippen LogP contribution in [0.1, 0.15) is 91.9 Å². The Bertz CT molecular complexity index is 572. The molecule has 30 heavy (non-hydrogen) atoms. The molecule has 6 nitrogen and oxygen atoms in total. The van der Waals surface area contributed by atoms with E-state index in [9.17, 15) is 14.4 Å². The van der Waals surface area contributed by atoms with E-state index in [4.69, 9.17) is 0 Å². The van der Waals surface area contributed by atoms with E-state index in [-0.39, 0.29) is 35.6 Å². The Morgan fingerprint density at radius 3 is 2.30 bits per heavy atom. The van der Waals surface area contributed by atoms with E-state index in [0.29, 0.717) is 26.1 Å². The second-order valence-corrected chi connectivity index (χ2v) is 9.60. The van der Waals surface area contributed by atoms with Crippen molar-refractivity contribution in [2.24, 2.45) is 11.8 Å². The van der Waals surface area contributed by atoms with Gasteiger partial charge in [-0.1, -0.05) is 59.3 Å². The van der Waals surface area contributed by atoms with Gasteiger partial charge in [0.2, 0.25) is 17.7 Å². The van der Waals surface area contributed by atoms with Crippen molar-refractivity contribution in [3.8, 4) is 0 Å². The van der Waals surface area contributed by atoms with Gasteiger partial charge in [0.1, 0.15) is 6.04 Å². The lowest BCUT2D eigenvalue weighted by molar-refractivity contribution is -0.147. The van der Waals surface area contributed by atoms with Crippen molar-refractivity contribution in [3.63, 3.8) is 0 Å². The maximum atomic E-state index is 13.2. The number of carbonyl (C=O) groups is 3. The maximum Gasteiger partial charge on any atom is 0.245 e. The molecule has 0 aromatic rings. The number of amides is 3. The van der Waals surface area contributed by atoms with Crippen molar-refractivity contribution in [2.75, 3.05) is 19.6 Å². The quantitative estimate of drug-likeness (QED) is 0.577. The van der Waals surface area contributed by atoms with Crippen molar-refractivity contribution in [2.45, 2.75) is 104 Å². The summed E-state index contributed by atoms with van der Waals surface area (Å²) in [6.07, 6.45) is 10.2. The van der Waals surface area contributed by atoms with E-state index in [1.54, 1.807) is 0 Å². The van der Waals surface area contributed by atoms with E-state index in [0.717, 1.165) is 51.4 Å². The van der Waals surface area contributed by atoms with Crippen LogP contribution in [0, 0.1) is 11.8 Å². The van der Waals surface area contributed by atoms with Gasteiger partial charge in [0, 0.05) is 38.0 Å². The van der Waals surface area contributed by atoms with Crippen LogP contribution in [0.5, 0.6) is 0 Å². The van der Waals surface area contributed by atoms with Crippen molar-refractivity contribution in [1.82, 2.24) is 15.1 Å². The van der Waals surface area contributed by atoms with Crippen LogP contribution in [0.3, 0.4) is 0 Å². The zero-order chi connectivity index (χ0) is 22.1. The summed E-state index contributed by atoms with van der Waals surface area (Å²) >= 11 is 0. The first-order valence-electron chi connectivity index (χ1n) is 12.2. The van der Waals surface area contributed by atoms with Gasteiger partial charge in [0.05, 0.1) is 0 Å². The molecule has 172 valence electrons. The predicted octanol–water partition coefficient (Wildman–Crippen LogP) is 3.74. The highest BCUT2D eigenvalue weighted by atomic mass is 16.2. The molecule has 6 heteroatoms. The molecule has 1 N–H and O–H groups in total. The number of nitrogens with one attached hydrogen (secondary N) is 1. The fraction of sp³-hybridized carbons (Fsp3) is 0.875. The van der Waals surface area contributed by atoms with E-state index in [1.165, 1.54) is 6.42 Å². The highest BCUT2D eigenvalue weighted by molar-refractivity contribution is 5.88. The third kappa shape index (κ3) is 6.98. The van der Waals surface area contributed by atoms with Crippen molar-refractivity contribution < 1.29 is 14.4 Å². The second kappa shape index (κ2) is 12.3. The van der Waals surface area contributed by atoms with Crippen LogP contribution in [0.15, 0.2) is 0 Å². The van der Waals surface area contributed by atoms with Gasteiger partial charge in [-0.05, 0) is 32.1 Å². The zero-order valence-electron chi connectivity index (χ0n) is 19.6. The molecule has 1 aliphatic heterocycles. The van der Waals surface area contributed by atoms with E-state index in [2.05, 4.69) is 12.2 Å². The molecular weight excluding hydrogens is 378 g/mol. The molecule has 2 unspecified atom stereocenters. The molecule has 0 radical (unpaired) electrons. The molecule has 0 spiro atoms. The van der Waals surface area contributed by atoms with Crippen molar-refractivity contribution >= 4 is 17.7 Å². The van der Waals surface area contributed by atoms with Crippen molar-refractivity contribution in [3.05, 3.63) is 0 Å². The third-order valence-electron chi connectivity index (χ3n) is 6.68. The molecule has 3 amide bonds. The van der Waals surface area contributed by atoms with Gasteiger partial charge in [-0.15, -0.1) is 0 Å². The number of nitrogens with zero attached hydrogens (tertiary/aromatic N) is 2. The summed E-state index contributed by atoms with van der Waals surface area (Å²) in [5.41, 5.74) is 0. The van der Waals surface area contributed by atoms with Gasteiger partial charge in [0.25, 0.3) is 0 Å².